The van der Waals surface area contributed by atoms with Crippen molar-refractivity contribution in [1.82, 2.24) is 5.32 Å². The lowest BCUT2D eigenvalue weighted by atomic mass is 10.1. The zero-order chi connectivity index (χ0) is 16.5. The van der Waals surface area contributed by atoms with Crippen LogP contribution in [0.4, 0.5) is 0 Å². The predicted molar refractivity (Wildman–Crippen MR) is 96.3 cm³/mol. The van der Waals surface area contributed by atoms with Gasteiger partial charge in [-0.15, -0.1) is 11.8 Å². The second-order valence-electron chi connectivity index (χ2n) is 5.04. The van der Waals surface area contributed by atoms with E-state index in [1.54, 1.807) is 18.9 Å². The van der Waals surface area contributed by atoms with Crippen molar-refractivity contribution in [3.05, 3.63) is 64.7 Å². The van der Waals surface area contributed by atoms with Crippen LogP contribution in [0.3, 0.4) is 0 Å². The molecule has 1 amide bonds. The molecule has 23 heavy (non-hydrogen) atoms. The number of rotatable bonds is 8. The van der Waals surface area contributed by atoms with E-state index in [2.05, 4.69) is 5.32 Å². The summed E-state index contributed by atoms with van der Waals surface area (Å²) in [5.41, 5.74) is 1.86. The monoisotopic (exact) mass is 349 g/mol. The molecule has 1 N–H and O–H groups in total. The standard InChI is InChI=1S/C18H20ClNO2S/c1-22-12-2-11-20-18(21)15-5-3-14(4-6-15)13-23-17-9-7-16(19)8-10-17/h3-10H,2,11-13H2,1H3,(H,20,21). The third-order valence-electron chi connectivity index (χ3n) is 3.25. The van der Waals surface area contributed by atoms with E-state index < -0.39 is 0 Å². The molecule has 0 bridgehead atoms. The van der Waals surface area contributed by atoms with Gasteiger partial charge in [-0.1, -0.05) is 23.7 Å². The van der Waals surface area contributed by atoms with Crippen molar-refractivity contribution in [2.75, 3.05) is 20.3 Å². The minimum atomic E-state index is -0.0435. The quantitative estimate of drug-likeness (QED) is 0.567. The van der Waals surface area contributed by atoms with E-state index in [1.165, 1.54) is 10.5 Å². The van der Waals surface area contributed by atoms with Gasteiger partial charge in [0, 0.05) is 41.5 Å². The van der Waals surface area contributed by atoms with Crippen LogP contribution >= 0.6 is 23.4 Å². The van der Waals surface area contributed by atoms with Crippen LogP contribution in [0.2, 0.25) is 5.02 Å². The van der Waals surface area contributed by atoms with Gasteiger partial charge in [-0.2, -0.15) is 0 Å². The highest BCUT2D eigenvalue weighted by Crippen LogP contribution is 2.24. The number of ether oxygens (including phenoxy) is 1. The molecular formula is C18H20ClNO2S. The molecule has 2 aromatic rings. The molecule has 0 fully saturated rings. The average molecular weight is 350 g/mol. The second kappa shape index (κ2) is 9.60. The number of hydrogen-bond acceptors (Lipinski definition) is 3. The van der Waals surface area contributed by atoms with E-state index in [-0.39, 0.29) is 5.91 Å². The van der Waals surface area contributed by atoms with Crippen molar-refractivity contribution in [1.29, 1.82) is 0 Å². The number of halogens is 1. The number of thioether (sulfide) groups is 1. The van der Waals surface area contributed by atoms with Crippen molar-refractivity contribution < 1.29 is 9.53 Å². The Hall–Kier alpha value is -1.49. The Balaban J connectivity index is 1.81. The smallest absolute Gasteiger partial charge is 0.251 e. The van der Waals surface area contributed by atoms with Gasteiger partial charge >= 0.3 is 0 Å². The Bertz CT molecular complexity index is 614. The first-order valence-corrected chi connectivity index (χ1v) is 8.80. The predicted octanol–water partition coefficient (Wildman–Crippen LogP) is 4.40. The third-order valence-corrected chi connectivity index (χ3v) is 4.58. The summed E-state index contributed by atoms with van der Waals surface area (Å²) in [5, 5.41) is 3.63. The number of benzene rings is 2. The van der Waals surface area contributed by atoms with Crippen molar-refractivity contribution >= 4 is 29.3 Å². The number of amides is 1. The number of carbonyl (C=O) groups excluding carboxylic acids is 1. The van der Waals surface area contributed by atoms with E-state index in [4.69, 9.17) is 16.3 Å². The molecule has 0 aromatic heterocycles. The first-order chi connectivity index (χ1) is 11.2. The summed E-state index contributed by atoms with van der Waals surface area (Å²) in [6.07, 6.45) is 0.818. The molecule has 0 aliphatic rings. The Morgan fingerprint density at radius 1 is 1.13 bits per heavy atom. The lowest BCUT2D eigenvalue weighted by molar-refractivity contribution is 0.0948. The maximum Gasteiger partial charge on any atom is 0.251 e. The molecule has 5 heteroatoms. The van der Waals surface area contributed by atoms with Gasteiger partial charge < -0.3 is 10.1 Å². The number of nitrogens with one attached hydrogen (secondary N) is 1. The molecular weight excluding hydrogens is 330 g/mol. The van der Waals surface area contributed by atoms with Gasteiger partial charge in [-0.05, 0) is 48.4 Å². The number of carbonyl (C=O) groups is 1. The van der Waals surface area contributed by atoms with Crippen LogP contribution in [0.5, 0.6) is 0 Å². The first-order valence-electron chi connectivity index (χ1n) is 7.43. The van der Waals surface area contributed by atoms with E-state index in [0.717, 1.165) is 17.2 Å². The minimum Gasteiger partial charge on any atom is -0.385 e. The van der Waals surface area contributed by atoms with Crippen LogP contribution in [0.15, 0.2) is 53.4 Å². The molecule has 0 atom stereocenters. The first kappa shape index (κ1) is 17.9. The zero-order valence-corrected chi connectivity index (χ0v) is 14.6. The third kappa shape index (κ3) is 6.26. The van der Waals surface area contributed by atoms with Gasteiger partial charge in [-0.25, -0.2) is 0 Å². The fourth-order valence-electron chi connectivity index (χ4n) is 1.97. The van der Waals surface area contributed by atoms with Crippen LogP contribution in [-0.2, 0) is 10.5 Å². The van der Waals surface area contributed by atoms with Gasteiger partial charge in [0.2, 0.25) is 0 Å². The van der Waals surface area contributed by atoms with Crippen molar-refractivity contribution in [2.45, 2.75) is 17.1 Å². The Morgan fingerprint density at radius 2 is 1.83 bits per heavy atom. The molecule has 0 aliphatic heterocycles. The van der Waals surface area contributed by atoms with Crippen molar-refractivity contribution in [2.24, 2.45) is 0 Å². The van der Waals surface area contributed by atoms with Gasteiger partial charge in [0.25, 0.3) is 5.91 Å². The Morgan fingerprint density at radius 3 is 2.48 bits per heavy atom. The molecule has 0 heterocycles. The topological polar surface area (TPSA) is 38.3 Å². The highest BCUT2D eigenvalue weighted by atomic mass is 35.5. The molecule has 0 saturated heterocycles. The van der Waals surface area contributed by atoms with Gasteiger partial charge in [0.1, 0.15) is 0 Å². The summed E-state index contributed by atoms with van der Waals surface area (Å²) in [5.74, 6) is 0.815. The summed E-state index contributed by atoms with van der Waals surface area (Å²) in [6.45, 7) is 1.28. The number of methoxy groups -OCH3 is 1. The maximum atomic E-state index is 12.0. The normalized spacial score (nSPS) is 10.5. The summed E-state index contributed by atoms with van der Waals surface area (Å²) >= 11 is 7.62. The molecule has 3 nitrogen and oxygen atoms in total. The Labute approximate surface area is 146 Å². The molecule has 0 radical (unpaired) electrons. The molecule has 2 rings (SSSR count). The minimum absolute atomic E-state index is 0.0435. The zero-order valence-electron chi connectivity index (χ0n) is 13.0. The van der Waals surface area contributed by atoms with Crippen molar-refractivity contribution in [3.63, 3.8) is 0 Å². The molecule has 0 saturated carbocycles. The summed E-state index contributed by atoms with van der Waals surface area (Å²) < 4.78 is 4.95. The fourth-order valence-corrected chi connectivity index (χ4v) is 2.95. The second-order valence-corrected chi connectivity index (χ2v) is 6.53. The highest BCUT2D eigenvalue weighted by Gasteiger charge is 2.05. The van der Waals surface area contributed by atoms with Crippen LogP contribution in [0, 0.1) is 0 Å². The van der Waals surface area contributed by atoms with Crippen LogP contribution in [-0.4, -0.2) is 26.2 Å². The average Bonchev–Trinajstić information content (AvgIpc) is 2.58. The van der Waals surface area contributed by atoms with Crippen molar-refractivity contribution in [3.8, 4) is 0 Å². The highest BCUT2D eigenvalue weighted by molar-refractivity contribution is 7.98. The summed E-state index contributed by atoms with van der Waals surface area (Å²) in [7, 11) is 1.66. The van der Waals surface area contributed by atoms with Crippen LogP contribution in [0.1, 0.15) is 22.3 Å². The summed E-state index contributed by atoms with van der Waals surface area (Å²) in [4.78, 5) is 13.1. The summed E-state index contributed by atoms with van der Waals surface area (Å²) in [6, 6.07) is 15.5. The molecule has 0 unspecified atom stereocenters. The van der Waals surface area contributed by atoms with E-state index >= 15 is 0 Å². The van der Waals surface area contributed by atoms with E-state index in [0.29, 0.717) is 18.7 Å². The van der Waals surface area contributed by atoms with Gasteiger partial charge in [-0.3, -0.25) is 4.79 Å². The Kier molecular flexibility index (Phi) is 7.46. The van der Waals surface area contributed by atoms with Gasteiger partial charge in [0.15, 0.2) is 0 Å². The lowest BCUT2D eigenvalue weighted by Crippen LogP contribution is -2.25. The van der Waals surface area contributed by atoms with Crippen LogP contribution in [0.25, 0.3) is 0 Å². The number of hydrogen-bond donors (Lipinski definition) is 1. The molecule has 0 spiro atoms. The van der Waals surface area contributed by atoms with Gasteiger partial charge in [0.05, 0.1) is 0 Å². The van der Waals surface area contributed by atoms with Crippen LogP contribution < -0.4 is 5.32 Å². The lowest BCUT2D eigenvalue weighted by Gasteiger charge is -2.06. The molecule has 2 aromatic carbocycles. The molecule has 122 valence electrons. The van der Waals surface area contributed by atoms with E-state index in [1.807, 2.05) is 48.5 Å². The largest absolute Gasteiger partial charge is 0.385 e. The fraction of sp³-hybridized carbons (Fsp3) is 0.278. The molecule has 0 aliphatic carbocycles. The maximum absolute atomic E-state index is 12.0. The van der Waals surface area contributed by atoms with E-state index in [9.17, 15) is 4.79 Å². The SMILES string of the molecule is COCCCNC(=O)c1ccc(CSc2ccc(Cl)cc2)cc1.